The first-order chi connectivity index (χ1) is 11.7. The van der Waals surface area contributed by atoms with Crippen LogP contribution in [0.2, 0.25) is 0 Å². The molecule has 142 valence electrons. The van der Waals surface area contributed by atoms with Crippen LogP contribution < -0.4 is 0 Å². The summed E-state index contributed by atoms with van der Waals surface area (Å²) < 4.78 is 10.0. The van der Waals surface area contributed by atoms with Crippen LogP contribution in [0.3, 0.4) is 0 Å². The van der Waals surface area contributed by atoms with Crippen molar-refractivity contribution >= 4 is 76.2 Å². The zero-order valence-corrected chi connectivity index (χ0v) is 19.1. The Morgan fingerprint density at radius 3 is 1.42 bits per heavy atom. The van der Waals surface area contributed by atoms with Gasteiger partial charge in [-0.1, -0.05) is 47.3 Å². The molecule has 0 heterocycles. The van der Waals surface area contributed by atoms with Crippen molar-refractivity contribution in [1.82, 2.24) is 0 Å². The minimum atomic E-state index is 0.0235. The Labute approximate surface area is 170 Å². The molecule has 0 aromatic carbocycles. The van der Waals surface area contributed by atoms with E-state index in [2.05, 4.69) is 0 Å². The first kappa shape index (κ1) is 25.4. The lowest BCUT2D eigenvalue weighted by Crippen LogP contribution is -1.86. The van der Waals surface area contributed by atoms with Crippen LogP contribution in [0, 0.1) is 0 Å². The van der Waals surface area contributed by atoms with Crippen LogP contribution in [0.4, 0.5) is 9.59 Å². The lowest BCUT2D eigenvalue weighted by Gasteiger charge is -2.02. The molecule has 4 nitrogen and oxygen atoms in total. The van der Waals surface area contributed by atoms with Gasteiger partial charge in [-0.15, -0.1) is 0 Å². The summed E-state index contributed by atoms with van der Waals surface area (Å²) in [5, 5.41) is 0. The van der Waals surface area contributed by atoms with Crippen LogP contribution in [0.15, 0.2) is 0 Å². The summed E-state index contributed by atoms with van der Waals surface area (Å²) >= 11 is 1.87. The Morgan fingerprint density at radius 2 is 1.04 bits per heavy atom. The van der Waals surface area contributed by atoms with E-state index in [1.54, 1.807) is 21.6 Å². The maximum Gasteiger partial charge on any atom is 0.283 e. The monoisotopic (exact) mass is 450 g/mol. The molecule has 0 aliphatic heterocycles. The largest absolute Gasteiger partial charge is 0.308 e. The van der Waals surface area contributed by atoms with E-state index in [0.29, 0.717) is 13.2 Å². The Hall–Kier alpha value is 1.36. The van der Waals surface area contributed by atoms with Gasteiger partial charge in [-0.2, -0.15) is 0 Å². The van der Waals surface area contributed by atoms with Crippen molar-refractivity contribution < 1.29 is 18.0 Å². The van der Waals surface area contributed by atoms with Gasteiger partial charge in [0.05, 0.1) is 37.3 Å². The van der Waals surface area contributed by atoms with E-state index in [4.69, 9.17) is 8.37 Å². The van der Waals surface area contributed by atoms with Gasteiger partial charge in [0.1, 0.15) is 0 Å². The van der Waals surface area contributed by atoms with Crippen LogP contribution in [0.5, 0.6) is 0 Å². The van der Waals surface area contributed by atoms with E-state index in [0.717, 1.165) is 48.4 Å². The minimum Gasteiger partial charge on any atom is -0.308 e. The fraction of sp³-hybridized carbons (Fsp3) is 0.857. The number of unbranched alkanes of at least 4 members (excludes halogenated alkanes) is 5. The molecule has 0 N–H and O–H groups in total. The summed E-state index contributed by atoms with van der Waals surface area (Å²) in [6, 6.07) is 0. The number of carbonyl (C=O) groups is 2. The third-order valence-corrected chi connectivity index (χ3v) is 9.00. The lowest BCUT2D eigenvalue weighted by molar-refractivity contribution is 0.274. The van der Waals surface area contributed by atoms with Crippen molar-refractivity contribution in [2.24, 2.45) is 0 Å². The van der Waals surface area contributed by atoms with Crippen molar-refractivity contribution in [1.29, 1.82) is 0 Å². The Morgan fingerprint density at radius 1 is 0.667 bits per heavy atom. The summed E-state index contributed by atoms with van der Waals surface area (Å²) in [5.74, 6) is 2.02. The molecule has 0 radical (unpaired) electrons. The number of hydrogen-bond acceptors (Lipinski definition) is 10. The molecule has 0 saturated carbocycles. The average molecular weight is 451 g/mol. The fourth-order valence-corrected chi connectivity index (χ4v) is 6.54. The molecule has 0 rings (SSSR count). The molecule has 0 unspecified atom stereocenters. The Bertz CT molecular complexity index is 290. The number of carbonyl (C=O) groups excluding carboxylic acids is 2. The maximum absolute atomic E-state index is 11.3. The Balaban J connectivity index is 3.15. The van der Waals surface area contributed by atoms with Crippen molar-refractivity contribution in [2.75, 3.05) is 24.7 Å². The summed E-state index contributed by atoms with van der Waals surface area (Å²) in [7, 11) is 5.77. The van der Waals surface area contributed by atoms with E-state index >= 15 is 0 Å². The highest BCUT2D eigenvalue weighted by atomic mass is 33.1. The molecule has 0 saturated heterocycles. The summed E-state index contributed by atoms with van der Waals surface area (Å²) in [5.41, 5.74) is 0. The van der Waals surface area contributed by atoms with Crippen LogP contribution in [0.25, 0.3) is 0 Å². The zero-order chi connectivity index (χ0) is 17.9. The molecule has 10 heteroatoms. The highest BCUT2D eigenvalue weighted by Gasteiger charge is 2.05. The predicted molar refractivity (Wildman–Crippen MR) is 117 cm³/mol. The third kappa shape index (κ3) is 19.7. The second kappa shape index (κ2) is 20.7. The van der Waals surface area contributed by atoms with Gasteiger partial charge in [0, 0.05) is 11.5 Å². The Kier molecular flexibility index (Phi) is 21.8. The molecule has 0 aliphatic rings. The summed E-state index contributed by atoms with van der Waals surface area (Å²) in [4.78, 5) is 22.6. The van der Waals surface area contributed by atoms with E-state index in [1.807, 2.05) is 13.8 Å². The van der Waals surface area contributed by atoms with Crippen molar-refractivity contribution in [3.63, 3.8) is 0 Å². The van der Waals surface area contributed by atoms with Gasteiger partial charge in [-0.25, -0.2) is 0 Å². The molecular formula is C14H26O4S6. The molecule has 24 heavy (non-hydrogen) atoms. The quantitative estimate of drug-likeness (QED) is 0.141. The van der Waals surface area contributed by atoms with Crippen LogP contribution in [-0.2, 0) is 8.37 Å². The van der Waals surface area contributed by atoms with Crippen molar-refractivity contribution in [2.45, 2.75) is 52.4 Å². The average Bonchev–Trinajstić information content (AvgIpc) is 2.58. The number of rotatable bonds is 15. The smallest absolute Gasteiger partial charge is 0.283 e. The molecule has 0 bridgehead atoms. The molecular weight excluding hydrogens is 425 g/mol. The van der Waals surface area contributed by atoms with Crippen LogP contribution in [-0.4, -0.2) is 33.6 Å². The van der Waals surface area contributed by atoms with Gasteiger partial charge >= 0.3 is 0 Å². The van der Waals surface area contributed by atoms with Crippen molar-refractivity contribution in [3.05, 3.63) is 0 Å². The summed E-state index contributed by atoms with van der Waals surface area (Å²) in [6.07, 6.45) is 7.21. The second-order valence-electron chi connectivity index (χ2n) is 4.41. The highest BCUT2D eigenvalue weighted by molar-refractivity contribution is 8.86. The maximum atomic E-state index is 11.3. The van der Waals surface area contributed by atoms with Crippen LogP contribution >= 0.6 is 67.3 Å². The normalized spacial score (nSPS) is 10.9. The molecule has 0 fully saturated rings. The van der Waals surface area contributed by atoms with Crippen LogP contribution in [0.1, 0.15) is 52.4 Å². The molecule has 0 atom stereocenters. The molecule has 0 amide bonds. The lowest BCUT2D eigenvalue weighted by atomic mass is 10.1. The SMILES string of the molecule is CCOSC(=O)SSCCCCCCCCSSC(=O)SOCC. The topological polar surface area (TPSA) is 52.6 Å². The van der Waals surface area contributed by atoms with Gasteiger partial charge in [0.2, 0.25) is 0 Å². The zero-order valence-electron chi connectivity index (χ0n) is 14.2. The third-order valence-electron chi connectivity index (χ3n) is 2.45. The van der Waals surface area contributed by atoms with Gasteiger partial charge in [-0.3, -0.25) is 9.59 Å². The molecule has 0 aromatic heterocycles. The second-order valence-corrected chi connectivity index (χ2v) is 11.3. The highest BCUT2D eigenvalue weighted by Crippen LogP contribution is 2.31. The standard InChI is InChI=1S/C14H26O4S6/c1-3-17-21-13(15)23-19-11-9-7-5-6-8-10-12-20-24-14(16)22-18-4-2/h3-12H2,1-2H3. The van der Waals surface area contributed by atoms with Gasteiger partial charge in [0.25, 0.3) is 8.89 Å². The number of hydrogen-bond donors (Lipinski definition) is 0. The van der Waals surface area contributed by atoms with Gasteiger partial charge < -0.3 is 8.37 Å². The molecule has 0 aromatic rings. The predicted octanol–water partition coefficient (Wildman–Crippen LogP) is 7.70. The first-order valence-corrected chi connectivity index (χ1v) is 14.1. The summed E-state index contributed by atoms with van der Waals surface area (Å²) in [6.45, 7) is 4.86. The molecule has 0 spiro atoms. The first-order valence-electron chi connectivity index (χ1n) is 7.96. The van der Waals surface area contributed by atoms with Gasteiger partial charge in [0.15, 0.2) is 0 Å². The van der Waals surface area contributed by atoms with E-state index in [1.165, 1.54) is 47.3 Å². The minimum absolute atomic E-state index is 0.0235. The fourth-order valence-electron chi connectivity index (χ4n) is 1.45. The van der Waals surface area contributed by atoms with E-state index in [-0.39, 0.29) is 8.89 Å². The van der Waals surface area contributed by atoms with Gasteiger partial charge in [-0.05, 0) is 48.3 Å². The van der Waals surface area contributed by atoms with E-state index < -0.39 is 0 Å². The molecule has 0 aliphatic carbocycles. The van der Waals surface area contributed by atoms with E-state index in [9.17, 15) is 9.59 Å². The van der Waals surface area contributed by atoms with Crippen molar-refractivity contribution in [3.8, 4) is 0 Å².